The molecule has 1 atom stereocenters. The lowest BCUT2D eigenvalue weighted by Gasteiger charge is -2.22. The molecule has 0 radical (unpaired) electrons. The highest BCUT2D eigenvalue weighted by molar-refractivity contribution is 7.70. The molecule has 1 unspecified atom stereocenters. The molecule has 0 saturated carbocycles. The summed E-state index contributed by atoms with van der Waals surface area (Å²) in [5.74, 6) is 0.401. The molecular formula is C8H19NO2S. The average molecular weight is 193 g/mol. The predicted molar refractivity (Wildman–Crippen MR) is 51.6 cm³/mol. The molecule has 0 aliphatic carbocycles. The van der Waals surface area contributed by atoms with Gasteiger partial charge in [-0.3, -0.25) is 0 Å². The highest BCUT2D eigenvalue weighted by atomic mass is 32.2. The molecule has 0 heterocycles. The van der Waals surface area contributed by atoms with Gasteiger partial charge in [-0.15, -0.1) is 0 Å². The van der Waals surface area contributed by atoms with Gasteiger partial charge < -0.3 is 0 Å². The van der Waals surface area contributed by atoms with Crippen LogP contribution in [0.4, 0.5) is 0 Å². The van der Waals surface area contributed by atoms with Crippen LogP contribution in [0.3, 0.4) is 0 Å². The maximum absolute atomic E-state index is 10.2. The predicted octanol–water partition coefficient (Wildman–Crippen LogP) is 1.17. The van der Waals surface area contributed by atoms with E-state index in [1.807, 2.05) is 0 Å². The first-order valence-electron chi connectivity index (χ1n) is 4.19. The number of thiol groups is 1. The van der Waals surface area contributed by atoms with Gasteiger partial charge in [0.15, 0.2) is 0 Å². The Labute approximate surface area is 76.6 Å². The molecule has 74 valence electrons. The second kappa shape index (κ2) is 4.82. The van der Waals surface area contributed by atoms with Crippen LogP contribution in [0.5, 0.6) is 0 Å². The molecule has 0 fully saturated rings. The summed E-state index contributed by atoms with van der Waals surface area (Å²) in [4.78, 5) is 0. The van der Waals surface area contributed by atoms with Crippen LogP contribution in [0.1, 0.15) is 34.1 Å². The van der Waals surface area contributed by atoms with E-state index in [9.17, 15) is 8.42 Å². The highest BCUT2D eigenvalue weighted by Crippen LogP contribution is 2.23. The summed E-state index contributed by atoms with van der Waals surface area (Å²) < 4.78 is 22.8. The molecule has 0 aromatic rings. The molecule has 12 heavy (non-hydrogen) atoms. The summed E-state index contributed by atoms with van der Waals surface area (Å²) in [6, 6.07) is 0. The summed E-state index contributed by atoms with van der Waals surface area (Å²) in [5, 5.41) is 0. The van der Waals surface area contributed by atoms with E-state index in [1.165, 1.54) is 0 Å². The van der Waals surface area contributed by atoms with Gasteiger partial charge in [0.05, 0.1) is 0 Å². The molecule has 0 bridgehead atoms. The number of hydrogen-bond acceptors (Lipinski definition) is 2. The monoisotopic (exact) mass is 193 g/mol. The number of rotatable bonds is 4. The van der Waals surface area contributed by atoms with Gasteiger partial charge in [0.1, 0.15) is 0 Å². The van der Waals surface area contributed by atoms with Crippen molar-refractivity contribution in [1.82, 2.24) is 4.72 Å². The summed E-state index contributed by atoms with van der Waals surface area (Å²) in [7, 11) is -2.42. The van der Waals surface area contributed by atoms with Crippen molar-refractivity contribution >= 4 is 10.9 Å². The summed E-state index contributed by atoms with van der Waals surface area (Å²) in [5.41, 5.74) is 0.273. The van der Waals surface area contributed by atoms with E-state index in [4.69, 9.17) is 0 Å². The Morgan fingerprint density at radius 3 is 2.17 bits per heavy atom. The van der Waals surface area contributed by atoms with Gasteiger partial charge in [-0.05, 0) is 17.8 Å². The number of hydrogen-bond donors (Lipinski definition) is 2. The normalized spacial score (nSPS) is 15.1. The van der Waals surface area contributed by atoms with Crippen LogP contribution in [0, 0.1) is 11.3 Å². The minimum Gasteiger partial charge on any atom is -0.217 e. The molecule has 0 aliphatic heterocycles. The zero-order valence-corrected chi connectivity index (χ0v) is 9.15. The number of nitrogens with one attached hydrogen (secondary N) is 1. The smallest absolute Gasteiger partial charge is 0.201 e. The largest absolute Gasteiger partial charge is 0.217 e. The fourth-order valence-corrected chi connectivity index (χ4v) is 1.81. The van der Waals surface area contributed by atoms with Crippen LogP contribution in [0.15, 0.2) is 0 Å². The fraction of sp³-hybridized carbons (Fsp3) is 1.00. The van der Waals surface area contributed by atoms with Crippen molar-refractivity contribution in [3.05, 3.63) is 0 Å². The van der Waals surface area contributed by atoms with Gasteiger partial charge in [0.25, 0.3) is 0 Å². The Morgan fingerprint density at radius 2 is 1.83 bits per heavy atom. The van der Waals surface area contributed by atoms with E-state index in [-0.39, 0.29) is 5.41 Å². The average Bonchev–Trinajstić information content (AvgIpc) is 1.79. The third-order valence-corrected chi connectivity index (χ3v) is 1.97. The van der Waals surface area contributed by atoms with Crippen LogP contribution < -0.4 is 4.72 Å². The van der Waals surface area contributed by atoms with Crippen LogP contribution in [0.2, 0.25) is 0 Å². The minimum absolute atomic E-state index is 0.273. The van der Waals surface area contributed by atoms with Gasteiger partial charge in [-0.1, -0.05) is 27.7 Å². The first-order valence-corrected chi connectivity index (χ1v) is 5.37. The molecule has 0 aromatic carbocycles. The van der Waals surface area contributed by atoms with Crippen molar-refractivity contribution in [2.24, 2.45) is 11.3 Å². The van der Waals surface area contributed by atoms with Crippen LogP contribution in [-0.4, -0.2) is 15.0 Å². The summed E-state index contributed by atoms with van der Waals surface area (Å²) in [6.07, 6.45) is 1.03. The van der Waals surface area contributed by atoms with Crippen molar-refractivity contribution in [3.63, 3.8) is 0 Å². The second-order valence-corrected chi connectivity index (χ2v) is 5.32. The lowest BCUT2D eigenvalue weighted by atomic mass is 9.86. The standard InChI is InChI=1S/C8H19NO2S/c1-7(5-8(2,3)4)6-9-12(10)11/h7,12H,5-6H2,1-4H3,(H,9,10,11). The maximum atomic E-state index is 10.2. The third kappa shape index (κ3) is 8.01. The van der Waals surface area contributed by atoms with E-state index in [0.717, 1.165) is 6.42 Å². The SMILES string of the molecule is CC(CN[SH](=O)=O)CC(C)(C)C. The quantitative estimate of drug-likeness (QED) is 0.658. The van der Waals surface area contributed by atoms with Gasteiger partial charge in [-0.2, -0.15) is 0 Å². The molecule has 0 spiro atoms. The molecule has 3 nitrogen and oxygen atoms in total. The first kappa shape index (κ1) is 11.9. The van der Waals surface area contributed by atoms with Crippen molar-refractivity contribution in [3.8, 4) is 0 Å². The Hall–Kier alpha value is -0.0900. The lowest BCUT2D eigenvalue weighted by molar-refractivity contribution is 0.307. The third-order valence-electron chi connectivity index (χ3n) is 1.53. The summed E-state index contributed by atoms with van der Waals surface area (Å²) in [6.45, 7) is 9.06. The molecule has 0 aromatic heterocycles. The Bertz CT molecular complexity index is 186. The topological polar surface area (TPSA) is 46.2 Å². The Kier molecular flexibility index (Phi) is 4.78. The second-order valence-electron chi connectivity index (χ2n) is 4.49. The highest BCUT2D eigenvalue weighted by Gasteiger charge is 2.14. The zero-order chi connectivity index (χ0) is 9.78. The van der Waals surface area contributed by atoms with Crippen LogP contribution >= 0.6 is 0 Å². The van der Waals surface area contributed by atoms with Crippen LogP contribution in [-0.2, 0) is 10.9 Å². The Balaban J connectivity index is 3.67. The van der Waals surface area contributed by atoms with E-state index >= 15 is 0 Å². The molecule has 1 N–H and O–H groups in total. The summed E-state index contributed by atoms with van der Waals surface area (Å²) >= 11 is 0. The van der Waals surface area contributed by atoms with Gasteiger partial charge >= 0.3 is 0 Å². The van der Waals surface area contributed by atoms with E-state index in [0.29, 0.717) is 12.5 Å². The fourth-order valence-electron chi connectivity index (χ4n) is 1.35. The molecular weight excluding hydrogens is 174 g/mol. The first-order chi connectivity index (χ1) is 5.31. The molecule has 0 saturated heterocycles. The molecule has 4 heteroatoms. The Morgan fingerprint density at radius 1 is 1.33 bits per heavy atom. The van der Waals surface area contributed by atoms with E-state index in [2.05, 4.69) is 32.4 Å². The van der Waals surface area contributed by atoms with Crippen molar-refractivity contribution in [2.75, 3.05) is 6.54 Å². The van der Waals surface area contributed by atoms with Crippen molar-refractivity contribution in [2.45, 2.75) is 34.1 Å². The zero-order valence-electron chi connectivity index (χ0n) is 8.26. The maximum Gasteiger partial charge on any atom is 0.201 e. The van der Waals surface area contributed by atoms with E-state index in [1.54, 1.807) is 0 Å². The molecule has 0 amide bonds. The van der Waals surface area contributed by atoms with Crippen molar-refractivity contribution in [1.29, 1.82) is 0 Å². The van der Waals surface area contributed by atoms with Gasteiger partial charge in [-0.25, -0.2) is 13.1 Å². The lowest BCUT2D eigenvalue weighted by Crippen LogP contribution is -2.23. The molecule has 0 rings (SSSR count). The minimum atomic E-state index is -2.42. The van der Waals surface area contributed by atoms with Gasteiger partial charge in [0.2, 0.25) is 10.9 Å². The van der Waals surface area contributed by atoms with E-state index < -0.39 is 10.9 Å². The van der Waals surface area contributed by atoms with Crippen LogP contribution in [0.25, 0.3) is 0 Å². The molecule has 0 aliphatic rings. The van der Waals surface area contributed by atoms with Crippen molar-refractivity contribution < 1.29 is 8.42 Å². The van der Waals surface area contributed by atoms with Gasteiger partial charge in [0, 0.05) is 6.54 Å².